The molecule has 0 rings (SSSR count). The van der Waals surface area contributed by atoms with E-state index in [0.717, 1.165) is 13.8 Å². The predicted octanol–water partition coefficient (Wildman–Crippen LogP) is -0.917. The van der Waals surface area contributed by atoms with Gasteiger partial charge in [-0.05, 0) is 0 Å². The molecule has 0 aliphatic rings. The molecular formula is C6H16N2NiO4. The van der Waals surface area contributed by atoms with Crippen LogP contribution < -0.4 is 11.5 Å². The number of rotatable bonds is 1. The van der Waals surface area contributed by atoms with Crippen molar-refractivity contribution in [2.75, 3.05) is 13.1 Å². The van der Waals surface area contributed by atoms with Crippen molar-refractivity contribution in [1.82, 2.24) is 0 Å². The number of aliphatic carboxylic acids is 2. The summed E-state index contributed by atoms with van der Waals surface area (Å²) >= 11 is 0. The Morgan fingerprint density at radius 1 is 1.00 bits per heavy atom. The standard InChI is InChI=1S/C2H8N2.2C2H4O2.Ni/c3-1-2-4;2*1-2(3)4;/h1-4H2;2*1H3,(H,3,4);. The maximum Gasteiger partial charge on any atom is 0.300 e. The van der Waals surface area contributed by atoms with E-state index in [4.69, 9.17) is 31.3 Å². The molecule has 0 radical (unpaired) electrons. The topological polar surface area (TPSA) is 127 Å². The number of carboxylic acid groups (broad SMARTS) is 2. The third-order valence-electron chi connectivity index (χ3n) is 0.167. The molecule has 0 saturated heterocycles. The smallest absolute Gasteiger partial charge is 0.300 e. The van der Waals surface area contributed by atoms with Crippen molar-refractivity contribution in [3.8, 4) is 0 Å². The third-order valence-corrected chi connectivity index (χ3v) is 0.167. The van der Waals surface area contributed by atoms with Gasteiger partial charge < -0.3 is 21.7 Å². The summed E-state index contributed by atoms with van der Waals surface area (Å²) < 4.78 is 0. The largest absolute Gasteiger partial charge is 0.481 e. The minimum Gasteiger partial charge on any atom is -0.481 e. The number of hydrogen-bond donors (Lipinski definition) is 4. The average Bonchev–Trinajstić information content (AvgIpc) is 1.85. The predicted molar refractivity (Wildman–Crippen MR) is 44.7 cm³/mol. The molecule has 0 aromatic rings. The SMILES string of the molecule is CC(=O)O.CC(=O)O.NCCN.[Ni]. The quantitative estimate of drug-likeness (QED) is 0.438. The summed E-state index contributed by atoms with van der Waals surface area (Å²) in [5.74, 6) is -1.67. The van der Waals surface area contributed by atoms with Gasteiger partial charge in [-0.15, -0.1) is 0 Å². The third kappa shape index (κ3) is 7950. The molecule has 0 spiro atoms. The van der Waals surface area contributed by atoms with Gasteiger partial charge in [0.15, 0.2) is 0 Å². The van der Waals surface area contributed by atoms with Crippen LogP contribution >= 0.6 is 0 Å². The summed E-state index contributed by atoms with van der Waals surface area (Å²) in [6.45, 7) is 3.36. The van der Waals surface area contributed by atoms with Crippen molar-refractivity contribution in [2.24, 2.45) is 11.5 Å². The molecule has 0 aromatic heterocycles. The molecule has 0 saturated carbocycles. The first kappa shape index (κ1) is 22.8. The van der Waals surface area contributed by atoms with Crippen molar-refractivity contribution >= 4 is 11.9 Å². The van der Waals surface area contributed by atoms with Gasteiger partial charge in [0.25, 0.3) is 11.9 Å². The summed E-state index contributed by atoms with van der Waals surface area (Å²) in [6.07, 6.45) is 0. The Labute approximate surface area is 87.2 Å². The maximum absolute atomic E-state index is 9.00. The monoisotopic (exact) mass is 238 g/mol. The van der Waals surface area contributed by atoms with Crippen molar-refractivity contribution in [3.63, 3.8) is 0 Å². The van der Waals surface area contributed by atoms with E-state index in [2.05, 4.69) is 0 Å². The Hall–Kier alpha value is -0.646. The zero-order valence-corrected chi connectivity index (χ0v) is 8.58. The van der Waals surface area contributed by atoms with Crippen molar-refractivity contribution < 1.29 is 36.3 Å². The van der Waals surface area contributed by atoms with E-state index < -0.39 is 11.9 Å². The van der Waals surface area contributed by atoms with Gasteiger partial charge in [-0.1, -0.05) is 0 Å². The van der Waals surface area contributed by atoms with Crippen LogP contribution in [0.5, 0.6) is 0 Å². The van der Waals surface area contributed by atoms with E-state index in [0.29, 0.717) is 13.1 Å². The maximum atomic E-state index is 9.00. The van der Waals surface area contributed by atoms with Crippen LogP contribution in [0.1, 0.15) is 13.8 Å². The molecule has 13 heavy (non-hydrogen) atoms. The van der Waals surface area contributed by atoms with Gasteiger partial charge in [-0.3, -0.25) is 9.59 Å². The first-order chi connectivity index (χ1) is 5.38. The second kappa shape index (κ2) is 22.5. The van der Waals surface area contributed by atoms with Gasteiger partial charge in [0.1, 0.15) is 0 Å². The van der Waals surface area contributed by atoms with Crippen LogP contribution in [0.3, 0.4) is 0 Å². The number of carbonyl (C=O) groups is 2. The summed E-state index contributed by atoms with van der Waals surface area (Å²) in [7, 11) is 0. The zero-order chi connectivity index (χ0) is 10.6. The number of nitrogens with two attached hydrogens (primary N) is 2. The fraction of sp³-hybridized carbons (Fsp3) is 0.667. The number of hydrogen-bond acceptors (Lipinski definition) is 4. The van der Waals surface area contributed by atoms with Crippen LogP contribution in [-0.2, 0) is 26.1 Å². The molecular weight excluding hydrogens is 223 g/mol. The van der Waals surface area contributed by atoms with Gasteiger partial charge in [0.2, 0.25) is 0 Å². The van der Waals surface area contributed by atoms with Crippen LogP contribution in [-0.4, -0.2) is 35.2 Å². The molecule has 0 heterocycles. The Morgan fingerprint density at radius 3 is 1.08 bits per heavy atom. The molecule has 84 valence electrons. The van der Waals surface area contributed by atoms with Gasteiger partial charge >= 0.3 is 0 Å². The van der Waals surface area contributed by atoms with E-state index in [1.165, 1.54) is 0 Å². The van der Waals surface area contributed by atoms with Gasteiger partial charge in [0, 0.05) is 43.4 Å². The van der Waals surface area contributed by atoms with Crippen LogP contribution in [0.2, 0.25) is 0 Å². The van der Waals surface area contributed by atoms with E-state index in [1.807, 2.05) is 0 Å². The fourth-order valence-electron chi connectivity index (χ4n) is 0. The van der Waals surface area contributed by atoms with E-state index in [1.54, 1.807) is 0 Å². The van der Waals surface area contributed by atoms with Crippen molar-refractivity contribution in [3.05, 3.63) is 0 Å². The molecule has 0 bridgehead atoms. The summed E-state index contributed by atoms with van der Waals surface area (Å²) in [4.78, 5) is 18.0. The zero-order valence-electron chi connectivity index (χ0n) is 7.60. The van der Waals surface area contributed by atoms with Crippen LogP contribution in [0, 0.1) is 0 Å². The minimum atomic E-state index is -0.833. The van der Waals surface area contributed by atoms with Crippen LogP contribution in [0.25, 0.3) is 0 Å². The Morgan fingerprint density at radius 2 is 1.08 bits per heavy atom. The molecule has 0 fully saturated rings. The molecule has 0 aliphatic heterocycles. The molecule has 0 aliphatic carbocycles. The molecule has 0 aromatic carbocycles. The summed E-state index contributed by atoms with van der Waals surface area (Å²) in [5, 5.41) is 14.8. The second-order valence-electron chi connectivity index (χ2n) is 1.62. The first-order valence-electron chi connectivity index (χ1n) is 3.17. The molecule has 0 unspecified atom stereocenters. The molecule has 0 atom stereocenters. The molecule has 6 N–H and O–H groups in total. The van der Waals surface area contributed by atoms with Crippen LogP contribution in [0.4, 0.5) is 0 Å². The Kier molecular flexibility index (Phi) is 39.5. The normalized spacial score (nSPS) is 6.15. The first-order valence-corrected chi connectivity index (χ1v) is 3.17. The summed E-state index contributed by atoms with van der Waals surface area (Å²) in [6, 6.07) is 0. The average molecular weight is 239 g/mol. The van der Waals surface area contributed by atoms with Gasteiger partial charge in [-0.2, -0.15) is 0 Å². The Balaban J connectivity index is -0.0000000450. The minimum absolute atomic E-state index is 0. The van der Waals surface area contributed by atoms with E-state index in [9.17, 15) is 0 Å². The van der Waals surface area contributed by atoms with E-state index >= 15 is 0 Å². The Bertz CT molecular complexity index is 99.2. The van der Waals surface area contributed by atoms with Crippen molar-refractivity contribution in [1.29, 1.82) is 0 Å². The second-order valence-corrected chi connectivity index (χ2v) is 1.62. The summed E-state index contributed by atoms with van der Waals surface area (Å²) in [5.41, 5.74) is 9.81. The van der Waals surface area contributed by atoms with Gasteiger partial charge in [-0.25, -0.2) is 0 Å². The van der Waals surface area contributed by atoms with Crippen molar-refractivity contribution in [2.45, 2.75) is 13.8 Å². The molecule has 0 amide bonds. The van der Waals surface area contributed by atoms with Gasteiger partial charge in [0.05, 0.1) is 0 Å². The molecule has 6 nitrogen and oxygen atoms in total. The molecule has 7 heteroatoms. The fourth-order valence-corrected chi connectivity index (χ4v) is 0. The number of carboxylic acids is 2. The van der Waals surface area contributed by atoms with Crippen LogP contribution in [0.15, 0.2) is 0 Å². The van der Waals surface area contributed by atoms with E-state index in [-0.39, 0.29) is 16.5 Å².